The maximum Gasteiger partial charge on any atom is 0.394 e. The molecule has 0 aromatic heterocycles. The Bertz CT molecular complexity index is 627. The second-order valence-corrected chi connectivity index (χ2v) is 4.32. The van der Waals surface area contributed by atoms with Crippen molar-refractivity contribution >= 4 is 34.1 Å². The minimum absolute atomic E-state index is 0.377. The number of carboxylic acid groups (broad SMARTS) is 1. The van der Waals surface area contributed by atoms with Crippen molar-refractivity contribution in [2.24, 2.45) is 10.9 Å². The average Bonchev–Trinajstić information content (AvgIpc) is 2.27. The minimum atomic E-state index is -4.67. The summed E-state index contributed by atoms with van der Waals surface area (Å²) in [5.74, 6) is -2.69. The van der Waals surface area contributed by atoms with Gasteiger partial charge < -0.3 is 5.11 Å². The summed E-state index contributed by atoms with van der Waals surface area (Å²) in [6.45, 7) is 0. The van der Waals surface area contributed by atoms with Crippen LogP contribution in [0.3, 0.4) is 0 Å². The van der Waals surface area contributed by atoms with Crippen LogP contribution < -0.4 is 0 Å². The van der Waals surface area contributed by atoms with Crippen molar-refractivity contribution in [1.82, 2.24) is 0 Å². The number of aliphatic carboxylic acids is 1. The number of benzene rings is 1. The van der Waals surface area contributed by atoms with Gasteiger partial charge in [0.15, 0.2) is 11.7 Å². The summed E-state index contributed by atoms with van der Waals surface area (Å²) < 4.78 is 31.6. The SMILES string of the molecule is O=C(O)C1C=Nc2ccccc2C1=O.O=S(=O)(O)O. The van der Waals surface area contributed by atoms with Crippen molar-refractivity contribution in [1.29, 1.82) is 0 Å². The van der Waals surface area contributed by atoms with Crippen molar-refractivity contribution in [3.8, 4) is 0 Å². The number of aliphatic imine (C=N–C) groups is 1. The molecule has 1 atom stereocenters. The van der Waals surface area contributed by atoms with Gasteiger partial charge in [-0.1, -0.05) is 12.1 Å². The summed E-state index contributed by atoms with van der Waals surface area (Å²) in [4.78, 5) is 26.2. The summed E-state index contributed by atoms with van der Waals surface area (Å²) >= 11 is 0. The number of hydrogen-bond donors (Lipinski definition) is 3. The van der Waals surface area contributed by atoms with Gasteiger partial charge in [0.05, 0.1) is 5.69 Å². The predicted molar refractivity (Wildman–Crippen MR) is 64.2 cm³/mol. The van der Waals surface area contributed by atoms with Crippen LogP contribution in [0.2, 0.25) is 0 Å². The number of nitrogens with zero attached hydrogens (tertiary/aromatic N) is 1. The molecule has 1 unspecified atom stereocenters. The second-order valence-electron chi connectivity index (χ2n) is 3.42. The number of para-hydroxylation sites is 1. The molecular weight excluding hydrogens is 278 g/mol. The van der Waals surface area contributed by atoms with Crippen LogP contribution in [0.25, 0.3) is 0 Å². The molecular formula is C10H9NO7S. The van der Waals surface area contributed by atoms with Crippen LogP contribution in [0, 0.1) is 5.92 Å². The van der Waals surface area contributed by atoms with E-state index in [-0.39, 0.29) is 0 Å². The number of fused-ring (bicyclic) bond motifs is 1. The maximum absolute atomic E-state index is 11.6. The van der Waals surface area contributed by atoms with E-state index in [0.29, 0.717) is 11.3 Å². The monoisotopic (exact) mass is 287 g/mol. The molecule has 0 amide bonds. The van der Waals surface area contributed by atoms with Crippen LogP contribution in [0.5, 0.6) is 0 Å². The lowest BCUT2D eigenvalue weighted by Gasteiger charge is -2.13. The predicted octanol–water partition coefficient (Wildman–Crippen LogP) is 0.633. The molecule has 2 rings (SSSR count). The molecule has 0 saturated carbocycles. The molecule has 1 aliphatic heterocycles. The summed E-state index contributed by atoms with van der Waals surface area (Å²) in [6, 6.07) is 6.72. The fourth-order valence-corrected chi connectivity index (χ4v) is 1.36. The Morgan fingerprint density at radius 3 is 2.26 bits per heavy atom. The molecule has 3 N–H and O–H groups in total. The van der Waals surface area contributed by atoms with E-state index in [1.165, 1.54) is 6.21 Å². The number of hydrogen-bond acceptors (Lipinski definition) is 5. The molecule has 1 aromatic carbocycles. The molecule has 0 radical (unpaired) electrons. The fourth-order valence-electron chi connectivity index (χ4n) is 1.36. The zero-order valence-electron chi connectivity index (χ0n) is 9.29. The highest BCUT2D eigenvalue weighted by Crippen LogP contribution is 2.25. The third kappa shape index (κ3) is 4.58. The van der Waals surface area contributed by atoms with E-state index in [1.54, 1.807) is 24.3 Å². The molecule has 0 aliphatic carbocycles. The normalized spacial score (nSPS) is 17.2. The Labute approximate surface area is 108 Å². The van der Waals surface area contributed by atoms with Crippen LogP contribution in [-0.2, 0) is 15.2 Å². The first kappa shape index (κ1) is 15.0. The van der Waals surface area contributed by atoms with Crippen molar-refractivity contribution in [2.75, 3.05) is 0 Å². The molecule has 0 saturated heterocycles. The quantitative estimate of drug-likeness (QED) is 0.508. The van der Waals surface area contributed by atoms with Crippen LogP contribution in [0.1, 0.15) is 10.4 Å². The van der Waals surface area contributed by atoms with Gasteiger partial charge in [0.25, 0.3) is 0 Å². The number of carboxylic acids is 1. The Kier molecular flexibility index (Phi) is 4.48. The molecule has 8 nitrogen and oxygen atoms in total. The summed E-state index contributed by atoms with van der Waals surface area (Å²) in [6.07, 6.45) is 1.17. The number of ketones is 1. The number of carbonyl (C=O) groups is 2. The van der Waals surface area contributed by atoms with E-state index in [2.05, 4.69) is 4.99 Å². The minimum Gasteiger partial charge on any atom is -0.480 e. The number of rotatable bonds is 1. The highest BCUT2D eigenvalue weighted by atomic mass is 32.3. The zero-order chi connectivity index (χ0) is 14.6. The summed E-state index contributed by atoms with van der Waals surface area (Å²) in [7, 11) is -4.67. The Balaban J connectivity index is 0.000000312. The largest absolute Gasteiger partial charge is 0.480 e. The lowest BCUT2D eigenvalue weighted by molar-refractivity contribution is -0.137. The topological polar surface area (TPSA) is 141 Å². The molecule has 19 heavy (non-hydrogen) atoms. The standard InChI is InChI=1S/C10H7NO3.H2O4S/c12-9-6-3-1-2-4-8(6)11-5-7(9)10(13)14;1-5(2,3)4/h1-5,7H,(H,13,14);(H2,1,2,3,4). The van der Waals surface area contributed by atoms with Crippen LogP contribution in [-0.4, -0.2) is 40.6 Å². The van der Waals surface area contributed by atoms with Gasteiger partial charge in [-0.2, -0.15) is 8.42 Å². The van der Waals surface area contributed by atoms with Gasteiger partial charge in [0.1, 0.15) is 0 Å². The average molecular weight is 287 g/mol. The van der Waals surface area contributed by atoms with Crippen LogP contribution in [0.15, 0.2) is 29.3 Å². The zero-order valence-corrected chi connectivity index (χ0v) is 10.1. The van der Waals surface area contributed by atoms with Gasteiger partial charge in [-0.05, 0) is 12.1 Å². The molecule has 0 bridgehead atoms. The molecule has 0 spiro atoms. The lowest BCUT2D eigenvalue weighted by atomic mass is 9.95. The molecule has 9 heteroatoms. The van der Waals surface area contributed by atoms with Crippen molar-refractivity contribution < 1.29 is 32.2 Å². The van der Waals surface area contributed by atoms with E-state index in [4.69, 9.17) is 22.6 Å². The summed E-state index contributed by atoms with van der Waals surface area (Å²) in [5.41, 5.74) is 0.914. The van der Waals surface area contributed by atoms with Gasteiger partial charge in [-0.15, -0.1) is 0 Å². The third-order valence-electron chi connectivity index (χ3n) is 2.08. The molecule has 1 aromatic rings. The van der Waals surface area contributed by atoms with Gasteiger partial charge >= 0.3 is 16.4 Å². The Hall–Kier alpha value is -2.10. The second kappa shape index (κ2) is 5.69. The highest BCUT2D eigenvalue weighted by Gasteiger charge is 2.29. The van der Waals surface area contributed by atoms with E-state index in [9.17, 15) is 9.59 Å². The third-order valence-corrected chi connectivity index (χ3v) is 2.08. The van der Waals surface area contributed by atoms with Crippen molar-refractivity contribution in [3.05, 3.63) is 29.8 Å². The first-order valence-electron chi connectivity index (χ1n) is 4.80. The molecule has 0 fully saturated rings. The molecule has 1 heterocycles. The van der Waals surface area contributed by atoms with Crippen molar-refractivity contribution in [3.63, 3.8) is 0 Å². The first-order valence-corrected chi connectivity index (χ1v) is 6.20. The first-order chi connectivity index (χ1) is 8.70. The summed E-state index contributed by atoms with van der Waals surface area (Å²) in [5, 5.41) is 8.72. The van der Waals surface area contributed by atoms with Gasteiger partial charge in [-0.3, -0.25) is 23.7 Å². The Morgan fingerprint density at radius 1 is 1.21 bits per heavy atom. The lowest BCUT2D eigenvalue weighted by Crippen LogP contribution is -2.27. The number of Topliss-reactive ketones (excluding diaryl/α,β-unsaturated/α-hetero) is 1. The Morgan fingerprint density at radius 2 is 1.74 bits per heavy atom. The van der Waals surface area contributed by atoms with Gasteiger partial charge in [-0.25, -0.2) is 0 Å². The fraction of sp³-hybridized carbons (Fsp3) is 0.100. The van der Waals surface area contributed by atoms with Gasteiger partial charge in [0, 0.05) is 11.8 Å². The van der Waals surface area contributed by atoms with Gasteiger partial charge in [0.2, 0.25) is 0 Å². The highest BCUT2D eigenvalue weighted by molar-refractivity contribution is 7.79. The molecule has 102 valence electrons. The van der Waals surface area contributed by atoms with E-state index >= 15 is 0 Å². The maximum atomic E-state index is 11.6. The van der Waals surface area contributed by atoms with E-state index in [0.717, 1.165) is 0 Å². The molecule has 1 aliphatic rings. The number of carbonyl (C=O) groups excluding carboxylic acids is 1. The van der Waals surface area contributed by atoms with Crippen molar-refractivity contribution in [2.45, 2.75) is 0 Å². The smallest absolute Gasteiger partial charge is 0.394 e. The van der Waals surface area contributed by atoms with E-state index < -0.39 is 28.1 Å². The van der Waals surface area contributed by atoms with Crippen LogP contribution in [0.4, 0.5) is 5.69 Å². The van der Waals surface area contributed by atoms with E-state index in [1.807, 2.05) is 0 Å². The van der Waals surface area contributed by atoms with Crippen LogP contribution >= 0.6 is 0 Å².